The molecule has 0 radical (unpaired) electrons. The zero-order valence-electron chi connectivity index (χ0n) is 7.13. The molecule has 0 saturated heterocycles. The van der Waals surface area contributed by atoms with Gasteiger partial charge in [-0.15, -0.1) is 10.2 Å². The van der Waals surface area contributed by atoms with Crippen LogP contribution in [0.3, 0.4) is 0 Å². The van der Waals surface area contributed by atoms with Gasteiger partial charge in [0.15, 0.2) is 10.3 Å². The smallest absolute Gasteiger partial charge is 0.219 e. The molecule has 1 aromatic heterocycles. The summed E-state index contributed by atoms with van der Waals surface area (Å²) in [5.41, 5.74) is 5.49. The summed E-state index contributed by atoms with van der Waals surface area (Å²) in [4.78, 5) is 10.4. The molecule has 1 amide bonds. The number of nitrogens with two attached hydrogens (primary N) is 1. The minimum atomic E-state index is -0.387. The molecule has 7 heteroatoms. The molecule has 5 nitrogen and oxygen atoms in total. The largest absolute Gasteiger partial charge is 0.382 e. The van der Waals surface area contributed by atoms with Crippen LogP contribution in [0, 0.1) is 0 Å². The molecule has 0 aromatic carbocycles. The van der Waals surface area contributed by atoms with Gasteiger partial charge in [-0.25, -0.2) is 0 Å². The van der Waals surface area contributed by atoms with E-state index in [1.54, 1.807) is 0 Å². The van der Waals surface area contributed by atoms with Crippen LogP contribution in [-0.4, -0.2) is 22.6 Å². The molecule has 0 aliphatic carbocycles. The standard InChI is InChI=1S/C7H8Cl2N4O/c8-5-3-4(7(9)13-12-5)11-2-1-6(10)14/h3H,1-2H2,(H2,10,14)(H,11,12). The SMILES string of the molecule is NC(=O)CCNc1cc(Cl)nnc1Cl. The van der Waals surface area contributed by atoms with Crippen LogP contribution in [0.25, 0.3) is 0 Å². The van der Waals surface area contributed by atoms with Crippen LogP contribution < -0.4 is 11.1 Å². The Morgan fingerprint density at radius 3 is 2.86 bits per heavy atom. The van der Waals surface area contributed by atoms with Crippen molar-refractivity contribution in [1.82, 2.24) is 10.2 Å². The number of nitrogens with one attached hydrogen (secondary N) is 1. The Balaban J connectivity index is 2.57. The Labute approximate surface area is 90.6 Å². The van der Waals surface area contributed by atoms with Crippen LogP contribution >= 0.6 is 23.2 Å². The molecule has 0 aliphatic rings. The van der Waals surface area contributed by atoms with Gasteiger partial charge in [-0.05, 0) is 0 Å². The fourth-order valence-electron chi connectivity index (χ4n) is 0.797. The number of nitrogens with zero attached hydrogens (tertiary/aromatic N) is 2. The highest BCUT2D eigenvalue weighted by atomic mass is 35.5. The van der Waals surface area contributed by atoms with E-state index >= 15 is 0 Å². The molecule has 0 bridgehead atoms. The number of anilines is 1. The van der Waals surface area contributed by atoms with E-state index in [4.69, 9.17) is 28.9 Å². The van der Waals surface area contributed by atoms with Crippen molar-refractivity contribution < 1.29 is 4.79 Å². The molecule has 0 fully saturated rings. The summed E-state index contributed by atoms with van der Waals surface area (Å²) >= 11 is 11.3. The highest BCUT2D eigenvalue weighted by Crippen LogP contribution is 2.20. The average Bonchev–Trinajstić information content (AvgIpc) is 2.10. The first-order valence-electron chi connectivity index (χ1n) is 3.80. The second-order valence-electron chi connectivity index (χ2n) is 2.51. The van der Waals surface area contributed by atoms with Crippen molar-refractivity contribution >= 4 is 34.8 Å². The molecule has 0 saturated carbocycles. The molecule has 1 heterocycles. The molecule has 14 heavy (non-hydrogen) atoms. The van der Waals surface area contributed by atoms with Crippen molar-refractivity contribution in [2.45, 2.75) is 6.42 Å². The number of rotatable bonds is 4. The molecule has 0 spiro atoms. The van der Waals surface area contributed by atoms with Gasteiger partial charge < -0.3 is 11.1 Å². The van der Waals surface area contributed by atoms with Crippen LogP contribution in [0.15, 0.2) is 6.07 Å². The second-order valence-corrected chi connectivity index (χ2v) is 3.26. The number of carbonyl (C=O) groups excluding carboxylic acids is 1. The highest BCUT2D eigenvalue weighted by Gasteiger charge is 2.03. The van der Waals surface area contributed by atoms with Crippen LogP contribution in [0.5, 0.6) is 0 Å². The number of hydrogen-bond acceptors (Lipinski definition) is 4. The number of primary amides is 1. The van der Waals surface area contributed by atoms with Gasteiger partial charge in [0.05, 0.1) is 5.69 Å². The summed E-state index contributed by atoms with van der Waals surface area (Å²) in [5.74, 6) is -0.387. The third-order valence-corrected chi connectivity index (χ3v) is 1.87. The predicted octanol–water partition coefficient (Wildman–Crippen LogP) is 1.07. The van der Waals surface area contributed by atoms with E-state index < -0.39 is 0 Å². The van der Waals surface area contributed by atoms with Crippen LogP contribution in [-0.2, 0) is 4.79 Å². The quantitative estimate of drug-likeness (QED) is 0.817. The molecule has 3 N–H and O–H groups in total. The third-order valence-electron chi connectivity index (χ3n) is 1.41. The number of halogens is 2. The third kappa shape index (κ3) is 3.35. The Bertz CT molecular complexity index is 344. The molecular weight excluding hydrogens is 227 g/mol. The maximum atomic E-state index is 10.4. The first kappa shape index (κ1) is 11.0. The maximum absolute atomic E-state index is 10.4. The molecule has 0 atom stereocenters. The van der Waals surface area contributed by atoms with Crippen molar-refractivity contribution in [3.8, 4) is 0 Å². The van der Waals surface area contributed by atoms with Gasteiger partial charge in [0.1, 0.15) is 0 Å². The summed E-state index contributed by atoms with van der Waals surface area (Å²) in [6.45, 7) is 0.386. The minimum Gasteiger partial charge on any atom is -0.382 e. The van der Waals surface area contributed by atoms with E-state index in [0.29, 0.717) is 12.2 Å². The highest BCUT2D eigenvalue weighted by molar-refractivity contribution is 6.33. The molecule has 1 aromatic rings. The summed E-state index contributed by atoms with van der Waals surface area (Å²) in [6.07, 6.45) is 0.219. The minimum absolute atomic E-state index is 0.207. The van der Waals surface area contributed by atoms with E-state index in [-0.39, 0.29) is 22.6 Å². The summed E-state index contributed by atoms with van der Waals surface area (Å²) < 4.78 is 0. The zero-order valence-corrected chi connectivity index (χ0v) is 8.64. The van der Waals surface area contributed by atoms with E-state index in [1.807, 2.05) is 0 Å². The van der Waals surface area contributed by atoms with Crippen LogP contribution in [0.1, 0.15) is 6.42 Å². The van der Waals surface area contributed by atoms with Crippen molar-refractivity contribution in [2.75, 3.05) is 11.9 Å². The Morgan fingerprint density at radius 2 is 2.21 bits per heavy atom. The van der Waals surface area contributed by atoms with Gasteiger partial charge in [-0.2, -0.15) is 0 Å². The van der Waals surface area contributed by atoms with Gasteiger partial charge in [-0.3, -0.25) is 4.79 Å². The molecule has 76 valence electrons. The lowest BCUT2D eigenvalue weighted by molar-refractivity contribution is -0.117. The first-order chi connectivity index (χ1) is 6.59. The van der Waals surface area contributed by atoms with Crippen molar-refractivity contribution in [3.05, 3.63) is 16.4 Å². The summed E-state index contributed by atoms with van der Waals surface area (Å²) in [7, 11) is 0. The molecular formula is C7H8Cl2N4O. The Kier molecular flexibility index (Phi) is 3.91. The fourth-order valence-corrected chi connectivity index (χ4v) is 1.10. The van der Waals surface area contributed by atoms with Crippen molar-refractivity contribution in [3.63, 3.8) is 0 Å². The number of amides is 1. The normalized spacial score (nSPS) is 9.86. The summed E-state index contributed by atoms with van der Waals surface area (Å²) in [6, 6.07) is 1.53. The van der Waals surface area contributed by atoms with Crippen LogP contribution in [0.4, 0.5) is 5.69 Å². The lowest BCUT2D eigenvalue weighted by Crippen LogP contribution is -2.16. The zero-order chi connectivity index (χ0) is 10.6. The van der Waals surface area contributed by atoms with Crippen molar-refractivity contribution in [2.24, 2.45) is 5.73 Å². The van der Waals surface area contributed by atoms with E-state index in [0.717, 1.165) is 0 Å². The van der Waals surface area contributed by atoms with Gasteiger partial charge in [0.2, 0.25) is 5.91 Å². The summed E-state index contributed by atoms with van der Waals surface area (Å²) in [5, 5.41) is 10.4. The van der Waals surface area contributed by atoms with Gasteiger partial charge >= 0.3 is 0 Å². The number of aromatic nitrogens is 2. The van der Waals surface area contributed by atoms with E-state index in [2.05, 4.69) is 15.5 Å². The van der Waals surface area contributed by atoms with E-state index in [1.165, 1.54) is 6.07 Å². The Hall–Kier alpha value is -1.07. The number of carbonyl (C=O) groups is 1. The predicted molar refractivity (Wildman–Crippen MR) is 54.4 cm³/mol. The average molecular weight is 235 g/mol. The lowest BCUT2D eigenvalue weighted by Gasteiger charge is -2.05. The second kappa shape index (κ2) is 4.97. The Morgan fingerprint density at radius 1 is 1.50 bits per heavy atom. The van der Waals surface area contributed by atoms with E-state index in [9.17, 15) is 4.79 Å². The molecule has 1 rings (SSSR count). The molecule has 0 aliphatic heterocycles. The van der Waals surface area contributed by atoms with Crippen LogP contribution in [0.2, 0.25) is 10.3 Å². The van der Waals surface area contributed by atoms with Gasteiger partial charge in [0.25, 0.3) is 0 Å². The van der Waals surface area contributed by atoms with Crippen molar-refractivity contribution in [1.29, 1.82) is 0 Å². The topological polar surface area (TPSA) is 80.9 Å². The number of hydrogen-bond donors (Lipinski definition) is 2. The fraction of sp³-hybridized carbons (Fsp3) is 0.286. The molecule has 0 unspecified atom stereocenters. The monoisotopic (exact) mass is 234 g/mol. The maximum Gasteiger partial charge on any atom is 0.219 e. The lowest BCUT2D eigenvalue weighted by atomic mass is 10.4. The first-order valence-corrected chi connectivity index (χ1v) is 4.56. The van der Waals surface area contributed by atoms with Gasteiger partial charge in [-0.1, -0.05) is 23.2 Å². The van der Waals surface area contributed by atoms with Gasteiger partial charge in [0, 0.05) is 19.0 Å².